The molecule has 0 atom stereocenters. The Morgan fingerprint density at radius 3 is 2.69 bits per heavy atom. The number of nitrogens with one attached hydrogen (secondary N) is 1. The van der Waals surface area contributed by atoms with Crippen LogP contribution in [0.3, 0.4) is 0 Å². The van der Waals surface area contributed by atoms with Crippen LogP contribution in [0.25, 0.3) is 0 Å². The fraction of sp³-hybridized carbons (Fsp3) is 0.667. The average Bonchev–Trinajstić information content (AvgIpc) is 2.55. The van der Waals surface area contributed by atoms with Gasteiger partial charge in [-0.3, -0.25) is 0 Å². The Hall–Kier alpha value is -0.830. The van der Waals surface area contributed by atoms with Gasteiger partial charge in [0.15, 0.2) is 0 Å². The highest BCUT2D eigenvalue weighted by molar-refractivity contribution is 6.28. The Bertz CT molecular complexity index is 322. The van der Waals surface area contributed by atoms with E-state index in [4.69, 9.17) is 11.6 Å². The maximum Gasteiger partial charge on any atom is 0.224 e. The minimum Gasteiger partial charge on any atom is -0.370 e. The third kappa shape index (κ3) is 3.63. The summed E-state index contributed by atoms with van der Waals surface area (Å²) in [6.07, 6.45) is 9.90. The molecule has 0 unspecified atom stereocenters. The minimum atomic E-state index is 0.311. The van der Waals surface area contributed by atoms with Gasteiger partial charge in [-0.1, -0.05) is 25.7 Å². The van der Waals surface area contributed by atoms with Gasteiger partial charge in [0.25, 0.3) is 0 Å². The summed E-state index contributed by atoms with van der Waals surface area (Å²) in [5, 5.41) is 3.66. The van der Waals surface area contributed by atoms with E-state index in [1.807, 2.05) is 6.07 Å². The zero-order valence-corrected chi connectivity index (χ0v) is 10.2. The SMILES string of the molecule is Clc1nccc(NCC2CCCCCC2)n1. The van der Waals surface area contributed by atoms with Crippen LogP contribution >= 0.6 is 11.6 Å². The number of nitrogens with zero attached hydrogens (tertiary/aromatic N) is 2. The van der Waals surface area contributed by atoms with Crippen molar-refractivity contribution in [1.29, 1.82) is 0 Å². The van der Waals surface area contributed by atoms with Crippen LogP contribution in [0.5, 0.6) is 0 Å². The molecule has 0 saturated heterocycles. The summed E-state index contributed by atoms with van der Waals surface area (Å²) in [6.45, 7) is 1.01. The van der Waals surface area contributed by atoms with E-state index in [9.17, 15) is 0 Å². The van der Waals surface area contributed by atoms with Crippen LogP contribution in [0.1, 0.15) is 38.5 Å². The topological polar surface area (TPSA) is 37.8 Å². The van der Waals surface area contributed by atoms with Gasteiger partial charge < -0.3 is 5.32 Å². The van der Waals surface area contributed by atoms with E-state index < -0.39 is 0 Å². The first-order valence-corrected chi connectivity index (χ1v) is 6.45. The highest BCUT2D eigenvalue weighted by Crippen LogP contribution is 2.23. The smallest absolute Gasteiger partial charge is 0.224 e. The van der Waals surface area contributed by atoms with Crippen LogP contribution in [0.4, 0.5) is 5.82 Å². The van der Waals surface area contributed by atoms with Gasteiger partial charge in [0.1, 0.15) is 5.82 Å². The largest absolute Gasteiger partial charge is 0.370 e. The fourth-order valence-electron chi connectivity index (χ4n) is 2.25. The van der Waals surface area contributed by atoms with E-state index >= 15 is 0 Å². The molecule has 1 aromatic heterocycles. The molecule has 1 fully saturated rings. The Balaban J connectivity index is 1.81. The van der Waals surface area contributed by atoms with Gasteiger partial charge in [-0.15, -0.1) is 0 Å². The first-order valence-electron chi connectivity index (χ1n) is 6.07. The quantitative estimate of drug-likeness (QED) is 0.648. The second kappa shape index (κ2) is 6.04. The van der Waals surface area contributed by atoms with Crippen molar-refractivity contribution in [3.63, 3.8) is 0 Å². The highest BCUT2D eigenvalue weighted by atomic mass is 35.5. The lowest BCUT2D eigenvalue weighted by molar-refractivity contribution is 0.483. The summed E-state index contributed by atoms with van der Waals surface area (Å²) in [4.78, 5) is 7.99. The van der Waals surface area contributed by atoms with Crippen molar-refractivity contribution in [1.82, 2.24) is 9.97 Å². The van der Waals surface area contributed by atoms with Gasteiger partial charge >= 0.3 is 0 Å². The molecule has 1 N–H and O–H groups in total. The molecule has 4 heteroatoms. The first-order chi connectivity index (χ1) is 7.84. The van der Waals surface area contributed by atoms with E-state index in [1.54, 1.807) is 6.20 Å². The number of anilines is 1. The molecule has 0 radical (unpaired) electrons. The summed E-state index contributed by atoms with van der Waals surface area (Å²) < 4.78 is 0. The molecule has 2 rings (SSSR count). The molecule has 0 amide bonds. The number of aromatic nitrogens is 2. The molecular weight excluding hydrogens is 222 g/mol. The monoisotopic (exact) mass is 239 g/mol. The molecule has 3 nitrogen and oxygen atoms in total. The molecule has 1 aliphatic carbocycles. The second-order valence-electron chi connectivity index (χ2n) is 4.45. The molecule has 16 heavy (non-hydrogen) atoms. The lowest BCUT2D eigenvalue weighted by atomic mass is 10.0. The van der Waals surface area contributed by atoms with Crippen molar-refractivity contribution in [2.24, 2.45) is 5.92 Å². The van der Waals surface area contributed by atoms with Crippen LogP contribution in [-0.2, 0) is 0 Å². The number of rotatable bonds is 3. The zero-order valence-electron chi connectivity index (χ0n) is 9.45. The maximum atomic E-state index is 5.73. The molecule has 1 aliphatic rings. The normalized spacial score (nSPS) is 18.1. The van der Waals surface area contributed by atoms with Gasteiger partial charge in [-0.2, -0.15) is 0 Å². The van der Waals surface area contributed by atoms with E-state index in [0.717, 1.165) is 18.3 Å². The van der Waals surface area contributed by atoms with Crippen molar-refractivity contribution >= 4 is 17.4 Å². The summed E-state index contributed by atoms with van der Waals surface area (Å²) in [6, 6.07) is 1.86. The van der Waals surface area contributed by atoms with E-state index in [2.05, 4.69) is 15.3 Å². The summed E-state index contributed by atoms with van der Waals surface area (Å²) in [5.74, 6) is 1.63. The summed E-state index contributed by atoms with van der Waals surface area (Å²) in [7, 11) is 0. The van der Waals surface area contributed by atoms with Crippen LogP contribution < -0.4 is 5.32 Å². The van der Waals surface area contributed by atoms with Gasteiger partial charge in [-0.25, -0.2) is 9.97 Å². The molecule has 88 valence electrons. The molecule has 0 aliphatic heterocycles. The minimum absolute atomic E-state index is 0.311. The highest BCUT2D eigenvalue weighted by Gasteiger charge is 2.11. The van der Waals surface area contributed by atoms with E-state index in [-0.39, 0.29) is 0 Å². The second-order valence-corrected chi connectivity index (χ2v) is 4.79. The molecule has 0 spiro atoms. The predicted octanol–water partition coefficient (Wildman–Crippen LogP) is 3.51. The van der Waals surface area contributed by atoms with E-state index in [1.165, 1.54) is 38.5 Å². The van der Waals surface area contributed by atoms with Crippen LogP contribution in [0.15, 0.2) is 12.3 Å². The van der Waals surface area contributed by atoms with Crippen molar-refractivity contribution in [2.75, 3.05) is 11.9 Å². The third-order valence-corrected chi connectivity index (χ3v) is 3.35. The standard InChI is InChI=1S/C12H18ClN3/c13-12-14-8-7-11(16-12)15-9-10-5-3-1-2-4-6-10/h7-8,10H,1-6,9H2,(H,14,15,16). The first kappa shape index (κ1) is 11.6. The Morgan fingerprint density at radius 1 is 1.25 bits per heavy atom. The lowest BCUT2D eigenvalue weighted by Crippen LogP contribution is -2.14. The van der Waals surface area contributed by atoms with Crippen molar-refractivity contribution in [2.45, 2.75) is 38.5 Å². The Labute approximate surface area is 102 Å². The molecular formula is C12H18ClN3. The van der Waals surface area contributed by atoms with Gasteiger partial charge in [0.2, 0.25) is 5.28 Å². The van der Waals surface area contributed by atoms with Crippen LogP contribution in [0, 0.1) is 5.92 Å². The molecule has 1 heterocycles. The van der Waals surface area contributed by atoms with E-state index in [0.29, 0.717) is 5.28 Å². The summed E-state index contributed by atoms with van der Waals surface area (Å²) in [5.41, 5.74) is 0. The van der Waals surface area contributed by atoms with Crippen LogP contribution in [0.2, 0.25) is 5.28 Å². The number of hydrogen-bond donors (Lipinski definition) is 1. The molecule has 0 aromatic carbocycles. The van der Waals surface area contributed by atoms with Crippen molar-refractivity contribution in [3.8, 4) is 0 Å². The summed E-state index contributed by atoms with van der Waals surface area (Å²) >= 11 is 5.73. The number of hydrogen-bond acceptors (Lipinski definition) is 3. The van der Waals surface area contributed by atoms with Crippen LogP contribution in [-0.4, -0.2) is 16.5 Å². The van der Waals surface area contributed by atoms with Gasteiger partial charge in [0, 0.05) is 12.7 Å². The number of halogens is 1. The average molecular weight is 240 g/mol. The zero-order chi connectivity index (χ0) is 11.2. The maximum absolute atomic E-state index is 5.73. The fourth-order valence-corrected chi connectivity index (χ4v) is 2.40. The third-order valence-electron chi connectivity index (χ3n) is 3.17. The van der Waals surface area contributed by atoms with Gasteiger partial charge in [0.05, 0.1) is 0 Å². The van der Waals surface area contributed by atoms with Gasteiger partial charge in [-0.05, 0) is 36.4 Å². The predicted molar refractivity (Wildman–Crippen MR) is 66.7 cm³/mol. The van der Waals surface area contributed by atoms with Crippen molar-refractivity contribution in [3.05, 3.63) is 17.5 Å². The molecule has 1 saturated carbocycles. The van der Waals surface area contributed by atoms with Crippen molar-refractivity contribution < 1.29 is 0 Å². The molecule has 0 bridgehead atoms. The lowest BCUT2D eigenvalue weighted by Gasteiger charge is -2.14. The Kier molecular flexibility index (Phi) is 4.40. The molecule has 1 aromatic rings. The Morgan fingerprint density at radius 2 is 2.00 bits per heavy atom.